The molecule has 0 spiro atoms. The molecule has 1 saturated heterocycles. The molecule has 0 aromatic heterocycles. The van der Waals surface area contributed by atoms with Gasteiger partial charge in [-0.25, -0.2) is 0 Å². The van der Waals surface area contributed by atoms with Crippen molar-refractivity contribution in [2.75, 3.05) is 51.7 Å². The number of aryl methyl sites for hydroxylation is 2. The first-order valence-electron chi connectivity index (χ1n) is 10.6. The van der Waals surface area contributed by atoms with Crippen LogP contribution in [0.3, 0.4) is 0 Å². The van der Waals surface area contributed by atoms with Gasteiger partial charge >= 0.3 is 0 Å². The van der Waals surface area contributed by atoms with Gasteiger partial charge in [0.1, 0.15) is 5.75 Å². The van der Waals surface area contributed by atoms with Crippen molar-refractivity contribution >= 4 is 11.6 Å². The lowest BCUT2D eigenvalue weighted by atomic mass is 10.1. The van der Waals surface area contributed by atoms with Crippen molar-refractivity contribution in [3.8, 4) is 5.75 Å². The number of carbonyl (C=O) groups excluding carboxylic acids is 1. The minimum absolute atomic E-state index is 0.0378. The Balaban J connectivity index is 1.39. The number of amides is 1. The predicted molar refractivity (Wildman–Crippen MR) is 120 cm³/mol. The second-order valence-electron chi connectivity index (χ2n) is 8.01. The number of aliphatic hydroxyl groups is 1. The number of piperazine rings is 1. The van der Waals surface area contributed by atoms with Crippen molar-refractivity contribution in [1.82, 2.24) is 9.80 Å². The zero-order chi connectivity index (χ0) is 21.5. The molecule has 0 saturated carbocycles. The van der Waals surface area contributed by atoms with Gasteiger partial charge in [0.15, 0.2) is 0 Å². The van der Waals surface area contributed by atoms with E-state index >= 15 is 0 Å². The average molecular weight is 412 g/mol. The highest BCUT2D eigenvalue weighted by molar-refractivity contribution is 5.93. The first kappa shape index (κ1) is 22.3. The van der Waals surface area contributed by atoms with Crippen molar-refractivity contribution in [2.45, 2.75) is 26.4 Å². The minimum atomic E-state index is -0.475. The molecule has 0 radical (unpaired) electrons. The van der Waals surface area contributed by atoms with Crippen LogP contribution in [0.4, 0.5) is 5.69 Å². The quantitative estimate of drug-likeness (QED) is 0.699. The summed E-state index contributed by atoms with van der Waals surface area (Å²) in [6.45, 7) is 8.82. The number of aliphatic hydroxyl groups excluding tert-OH is 1. The Bertz CT molecular complexity index is 810. The van der Waals surface area contributed by atoms with E-state index < -0.39 is 6.10 Å². The summed E-state index contributed by atoms with van der Waals surface area (Å²) in [6.07, 6.45) is 0.219. The highest BCUT2D eigenvalue weighted by atomic mass is 16.5. The summed E-state index contributed by atoms with van der Waals surface area (Å²) >= 11 is 0. The van der Waals surface area contributed by atoms with Gasteiger partial charge in [-0.15, -0.1) is 0 Å². The largest absolute Gasteiger partial charge is 0.497 e. The number of para-hydroxylation sites is 1. The molecule has 30 heavy (non-hydrogen) atoms. The van der Waals surface area contributed by atoms with Crippen LogP contribution >= 0.6 is 0 Å². The van der Waals surface area contributed by atoms with Gasteiger partial charge < -0.3 is 20.1 Å². The summed E-state index contributed by atoms with van der Waals surface area (Å²) in [5, 5.41) is 13.5. The van der Waals surface area contributed by atoms with Crippen LogP contribution < -0.4 is 10.1 Å². The number of methoxy groups -OCH3 is 1. The van der Waals surface area contributed by atoms with Gasteiger partial charge in [-0.3, -0.25) is 9.69 Å². The van der Waals surface area contributed by atoms with Crippen LogP contribution in [0.15, 0.2) is 42.5 Å². The molecule has 1 aliphatic rings. The number of nitrogens with one attached hydrogen (secondary N) is 1. The lowest BCUT2D eigenvalue weighted by molar-refractivity contribution is -0.117. The number of anilines is 1. The summed E-state index contributed by atoms with van der Waals surface area (Å²) < 4.78 is 5.16. The van der Waals surface area contributed by atoms with Gasteiger partial charge in [-0.05, 0) is 49.1 Å². The molecule has 6 heteroatoms. The van der Waals surface area contributed by atoms with Crippen LogP contribution in [0.1, 0.15) is 29.2 Å². The Morgan fingerprint density at radius 1 is 1.03 bits per heavy atom. The molecule has 1 aliphatic heterocycles. The molecule has 162 valence electrons. The molecule has 1 unspecified atom stereocenters. The normalized spacial score (nSPS) is 16.3. The molecule has 2 aromatic rings. The first-order valence-corrected chi connectivity index (χ1v) is 10.6. The van der Waals surface area contributed by atoms with E-state index in [0.717, 1.165) is 60.9 Å². The van der Waals surface area contributed by atoms with E-state index in [9.17, 15) is 9.90 Å². The Kier molecular flexibility index (Phi) is 7.85. The van der Waals surface area contributed by atoms with Crippen molar-refractivity contribution in [3.63, 3.8) is 0 Å². The van der Waals surface area contributed by atoms with Gasteiger partial charge in [0.05, 0.1) is 19.8 Å². The second kappa shape index (κ2) is 10.6. The molecule has 2 aromatic carbocycles. The fourth-order valence-corrected chi connectivity index (χ4v) is 3.86. The molecule has 3 rings (SSSR count). The monoisotopic (exact) mass is 411 g/mol. The lowest BCUT2D eigenvalue weighted by Crippen LogP contribution is -2.48. The molecule has 1 fully saturated rings. The van der Waals surface area contributed by atoms with E-state index in [1.165, 1.54) is 0 Å². The maximum atomic E-state index is 12.5. The summed E-state index contributed by atoms with van der Waals surface area (Å²) in [7, 11) is 1.64. The number of ether oxygens (including phenoxy) is 1. The van der Waals surface area contributed by atoms with Crippen LogP contribution in [0.2, 0.25) is 0 Å². The topological polar surface area (TPSA) is 65.0 Å². The second-order valence-corrected chi connectivity index (χ2v) is 8.01. The molecule has 2 N–H and O–H groups in total. The Morgan fingerprint density at radius 2 is 1.63 bits per heavy atom. The molecule has 1 heterocycles. The van der Waals surface area contributed by atoms with E-state index in [1.54, 1.807) is 7.11 Å². The molecule has 0 aliphatic carbocycles. The van der Waals surface area contributed by atoms with Crippen molar-refractivity contribution < 1.29 is 14.6 Å². The average Bonchev–Trinajstić information content (AvgIpc) is 2.76. The van der Waals surface area contributed by atoms with Crippen molar-refractivity contribution in [1.29, 1.82) is 0 Å². The van der Waals surface area contributed by atoms with Gasteiger partial charge in [0.2, 0.25) is 5.91 Å². The Morgan fingerprint density at radius 3 is 2.23 bits per heavy atom. The maximum absolute atomic E-state index is 12.5. The smallest absolute Gasteiger partial charge is 0.238 e. The summed E-state index contributed by atoms with van der Waals surface area (Å²) in [5.74, 6) is 0.833. The third-order valence-corrected chi connectivity index (χ3v) is 5.80. The van der Waals surface area contributed by atoms with Crippen LogP contribution in [0.25, 0.3) is 0 Å². The molecule has 6 nitrogen and oxygen atoms in total. The molecular formula is C24H33N3O3. The SMILES string of the molecule is COc1ccc(C(O)CCN2CCN(CC(=O)Nc3c(C)cccc3C)CC2)cc1. The van der Waals surface area contributed by atoms with E-state index in [0.29, 0.717) is 13.0 Å². The maximum Gasteiger partial charge on any atom is 0.238 e. The van der Waals surface area contributed by atoms with E-state index in [2.05, 4.69) is 15.1 Å². The predicted octanol–water partition coefficient (Wildman–Crippen LogP) is 2.99. The summed E-state index contributed by atoms with van der Waals surface area (Å²) in [4.78, 5) is 17.0. The molecule has 1 amide bonds. The number of hydrogen-bond donors (Lipinski definition) is 2. The van der Waals surface area contributed by atoms with Crippen LogP contribution in [0, 0.1) is 13.8 Å². The lowest BCUT2D eigenvalue weighted by Gasteiger charge is -2.34. The summed E-state index contributed by atoms with van der Waals surface area (Å²) in [5.41, 5.74) is 4.01. The number of nitrogens with zero attached hydrogens (tertiary/aromatic N) is 2. The van der Waals surface area contributed by atoms with Gasteiger partial charge in [0.25, 0.3) is 0 Å². The third kappa shape index (κ3) is 6.05. The fraction of sp³-hybridized carbons (Fsp3) is 0.458. The Hall–Kier alpha value is -2.41. The number of rotatable bonds is 8. The number of hydrogen-bond acceptors (Lipinski definition) is 5. The van der Waals surface area contributed by atoms with Crippen LogP contribution in [-0.4, -0.2) is 67.2 Å². The van der Waals surface area contributed by atoms with Gasteiger partial charge in [0, 0.05) is 38.4 Å². The minimum Gasteiger partial charge on any atom is -0.497 e. The standard InChI is InChI=1S/C24H33N3O3/c1-18-5-4-6-19(2)24(18)25-23(29)17-27-15-13-26(14-16-27)12-11-22(28)20-7-9-21(30-3)10-8-20/h4-10,22,28H,11-17H2,1-3H3,(H,25,29). The third-order valence-electron chi connectivity index (χ3n) is 5.80. The number of carbonyl (C=O) groups is 1. The van der Waals surface area contributed by atoms with Crippen molar-refractivity contribution in [2.24, 2.45) is 0 Å². The highest BCUT2D eigenvalue weighted by Crippen LogP contribution is 2.21. The Labute approximate surface area is 179 Å². The van der Waals surface area contributed by atoms with Crippen LogP contribution in [0.5, 0.6) is 5.75 Å². The van der Waals surface area contributed by atoms with E-state index in [1.807, 2.05) is 56.3 Å². The number of benzene rings is 2. The first-order chi connectivity index (χ1) is 14.5. The van der Waals surface area contributed by atoms with Crippen LogP contribution in [-0.2, 0) is 4.79 Å². The van der Waals surface area contributed by atoms with Gasteiger partial charge in [-0.1, -0.05) is 30.3 Å². The van der Waals surface area contributed by atoms with E-state index in [4.69, 9.17) is 4.74 Å². The van der Waals surface area contributed by atoms with Gasteiger partial charge in [-0.2, -0.15) is 0 Å². The van der Waals surface area contributed by atoms with Crippen molar-refractivity contribution in [3.05, 3.63) is 59.2 Å². The highest BCUT2D eigenvalue weighted by Gasteiger charge is 2.20. The molecular weight excluding hydrogens is 378 g/mol. The fourth-order valence-electron chi connectivity index (χ4n) is 3.86. The van der Waals surface area contributed by atoms with E-state index in [-0.39, 0.29) is 5.91 Å². The summed E-state index contributed by atoms with van der Waals surface area (Å²) in [6, 6.07) is 13.6. The molecule has 1 atom stereocenters. The zero-order valence-corrected chi connectivity index (χ0v) is 18.2. The zero-order valence-electron chi connectivity index (χ0n) is 18.2. The molecule has 0 bridgehead atoms.